The second-order valence-electron chi connectivity index (χ2n) is 10.9. The predicted octanol–water partition coefficient (Wildman–Crippen LogP) is 6.46. The molecule has 0 heterocycles. The zero-order chi connectivity index (χ0) is 32.6. The number of hydrogen-bond donors (Lipinski definition) is 1. The van der Waals surface area contributed by atoms with Crippen molar-refractivity contribution in [3.8, 4) is 0 Å². The first-order chi connectivity index (χ1) is 21.5. The molecule has 0 aromatic heterocycles. The Hall–Kier alpha value is -4.21. The van der Waals surface area contributed by atoms with Gasteiger partial charge in [0.15, 0.2) is 0 Å². The zero-order valence-corrected chi connectivity index (χ0v) is 27.1. The Bertz CT molecular complexity index is 1730. The maximum absolute atomic E-state index is 15.0. The first-order valence-electron chi connectivity index (χ1n) is 14.7. The van der Waals surface area contributed by atoms with E-state index in [9.17, 15) is 18.0 Å². The van der Waals surface area contributed by atoms with Crippen molar-refractivity contribution >= 4 is 39.1 Å². The summed E-state index contributed by atoms with van der Waals surface area (Å²) in [5.74, 6) is -1.65. The molecule has 1 N–H and O–H groups in total. The lowest BCUT2D eigenvalue weighted by molar-refractivity contribution is -0.140. The highest BCUT2D eigenvalue weighted by Crippen LogP contribution is 2.29. The Morgan fingerprint density at radius 1 is 0.911 bits per heavy atom. The number of rotatable bonds is 13. The molecular weight excluding hydrogens is 613 g/mol. The number of anilines is 1. The topological polar surface area (TPSA) is 86.8 Å². The lowest BCUT2D eigenvalue weighted by Gasteiger charge is -2.34. The zero-order valence-electron chi connectivity index (χ0n) is 25.5. The third-order valence-electron chi connectivity index (χ3n) is 7.45. The summed E-state index contributed by atoms with van der Waals surface area (Å²) in [6.45, 7) is 5.01. The highest BCUT2D eigenvalue weighted by molar-refractivity contribution is 7.92. The van der Waals surface area contributed by atoms with Crippen LogP contribution in [0.5, 0.6) is 0 Å². The Labute approximate surface area is 269 Å². The molecule has 1 unspecified atom stereocenters. The van der Waals surface area contributed by atoms with E-state index in [1.165, 1.54) is 35.2 Å². The van der Waals surface area contributed by atoms with Gasteiger partial charge in [-0.3, -0.25) is 13.9 Å². The Balaban J connectivity index is 1.82. The highest BCUT2D eigenvalue weighted by Gasteiger charge is 2.35. The number of hydrogen-bond acceptors (Lipinski definition) is 4. The number of carbonyl (C=O) groups excluding carboxylic acids is 2. The second-order valence-corrected chi connectivity index (χ2v) is 13.1. The van der Waals surface area contributed by atoms with E-state index in [0.29, 0.717) is 18.0 Å². The largest absolute Gasteiger partial charge is 0.354 e. The van der Waals surface area contributed by atoms with Gasteiger partial charge in [-0.15, -0.1) is 0 Å². The molecule has 4 aromatic rings. The van der Waals surface area contributed by atoms with Crippen LogP contribution in [-0.2, 0) is 32.6 Å². The Morgan fingerprint density at radius 2 is 1.58 bits per heavy atom. The van der Waals surface area contributed by atoms with Gasteiger partial charge >= 0.3 is 0 Å². The molecule has 0 aliphatic rings. The second kappa shape index (κ2) is 15.2. The molecule has 4 rings (SSSR count). The van der Waals surface area contributed by atoms with Gasteiger partial charge in [-0.2, -0.15) is 0 Å². The molecule has 0 aliphatic heterocycles. The van der Waals surface area contributed by atoms with Gasteiger partial charge in [-0.25, -0.2) is 12.8 Å². The third-order valence-corrected chi connectivity index (χ3v) is 9.65. The van der Waals surface area contributed by atoms with Gasteiger partial charge < -0.3 is 10.2 Å². The minimum atomic E-state index is -4.28. The van der Waals surface area contributed by atoms with Crippen molar-refractivity contribution in [3.63, 3.8) is 0 Å². The summed E-state index contributed by atoms with van der Waals surface area (Å²) in [4.78, 5) is 29.3. The standard InChI is InChI=1S/C35H37ClFN3O4S/c1-4-20-38-35(42)33(21-27-10-6-5-7-11-27)39(23-28-12-8-9-13-32(28)37)34(41)24-40(29-17-16-26(3)31(36)22-29)45(43,44)30-18-14-25(2)15-19-30/h5-19,22,33H,4,20-21,23-24H2,1-3H3,(H,38,42). The number of nitrogens with zero attached hydrogens (tertiary/aromatic N) is 2. The van der Waals surface area contributed by atoms with Crippen molar-refractivity contribution < 1.29 is 22.4 Å². The molecule has 0 saturated heterocycles. The Kier molecular flexibility index (Phi) is 11.4. The van der Waals surface area contributed by atoms with E-state index in [4.69, 9.17) is 11.6 Å². The third kappa shape index (κ3) is 8.49. The van der Waals surface area contributed by atoms with Crippen LogP contribution in [0.15, 0.2) is 102 Å². The first kappa shape index (κ1) is 33.7. The van der Waals surface area contributed by atoms with E-state index in [0.717, 1.165) is 21.0 Å². The van der Waals surface area contributed by atoms with Crippen molar-refractivity contribution in [2.24, 2.45) is 0 Å². The van der Waals surface area contributed by atoms with Crippen LogP contribution in [0.25, 0.3) is 0 Å². The monoisotopic (exact) mass is 649 g/mol. The highest BCUT2D eigenvalue weighted by atomic mass is 35.5. The number of aryl methyl sites for hydroxylation is 2. The molecular formula is C35H37ClFN3O4S. The summed E-state index contributed by atoms with van der Waals surface area (Å²) in [6.07, 6.45) is 0.805. The lowest BCUT2D eigenvalue weighted by Crippen LogP contribution is -2.53. The van der Waals surface area contributed by atoms with Gasteiger partial charge in [-0.1, -0.05) is 90.8 Å². The average molecular weight is 650 g/mol. The van der Waals surface area contributed by atoms with Crippen molar-refractivity contribution in [2.75, 3.05) is 17.4 Å². The summed E-state index contributed by atoms with van der Waals surface area (Å²) in [5, 5.41) is 3.20. The molecule has 10 heteroatoms. The summed E-state index contributed by atoms with van der Waals surface area (Å²) < 4.78 is 44.2. The van der Waals surface area contributed by atoms with Gasteiger partial charge in [0.25, 0.3) is 10.0 Å². The fraction of sp³-hybridized carbons (Fsp3) is 0.257. The van der Waals surface area contributed by atoms with Crippen LogP contribution < -0.4 is 9.62 Å². The number of halogens is 2. The number of carbonyl (C=O) groups is 2. The number of nitrogens with one attached hydrogen (secondary N) is 1. The van der Waals surface area contributed by atoms with Crippen molar-refractivity contribution in [1.82, 2.24) is 10.2 Å². The van der Waals surface area contributed by atoms with Crippen LogP contribution in [0, 0.1) is 19.7 Å². The molecule has 236 valence electrons. The van der Waals surface area contributed by atoms with Gasteiger partial charge in [0.05, 0.1) is 10.6 Å². The number of benzene rings is 4. The predicted molar refractivity (Wildman–Crippen MR) is 176 cm³/mol. The Morgan fingerprint density at radius 3 is 2.22 bits per heavy atom. The van der Waals surface area contributed by atoms with E-state index >= 15 is 4.39 Å². The molecule has 45 heavy (non-hydrogen) atoms. The fourth-order valence-electron chi connectivity index (χ4n) is 4.83. The van der Waals surface area contributed by atoms with Crippen LogP contribution >= 0.6 is 11.6 Å². The molecule has 4 aromatic carbocycles. The van der Waals surface area contributed by atoms with Gasteiger partial charge in [-0.05, 0) is 61.7 Å². The van der Waals surface area contributed by atoms with E-state index in [1.807, 2.05) is 44.2 Å². The number of sulfonamides is 1. The smallest absolute Gasteiger partial charge is 0.264 e. The quantitative estimate of drug-likeness (QED) is 0.180. The molecule has 2 amide bonds. The summed E-state index contributed by atoms with van der Waals surface area (Å²) >= 11 is 6.42. The summed E-state index contributed by atoms with van der Waals surface area (Å²) in [7, 11) is -4.28. The van der Waals surface area contributed by atoms with Gasteiger partial charge in [0, 0.05) is 30.1 Å². The van der Waals surface area contributed by atoms with E-state index in [2.05, 4.69) is 5.32 Å². The molecule has 0 fully saturated rings. The molecule has 0 spiro atoms. The van der Waals surface area contributed by atoms with Crippen molar-refractivity contribution in [2.45, 2.75) is 51.1 Å². The van der Waals surface area contributed by atoms with E-state index < -0.39 is 40.2 Å². The molecule has 0 saturated carbocycles. The maximum atomic E-state index is 15.0. The van der Waals surface area contributed by atoms with E-state index in [1.54, 1.807) is 43.3 Å². The fourth-order valence-corrected chi connectivity index (χ4v) is 6.41. The van der Waals surface area contributed by atoms with Crippen LogP contribution in [0.1, 0.15) is 35.6 Å². The number of amides is 2. The van der Waals surface area contributed by atoms with Crippen molar-refractivity contribution in [3.05, 3.63) is 130 Å². The van der Waals surface area contributed by atoms with Crippen LogP contribution in [0.4, 0.5) is 10.1 Å². The molecule has 0 aliphatic carbocycles. The first-order valence-corrected chi connectivity index (χ1v) is 16.5. The molecule has 7 nitrogen and oxygen atoms in total. The van der Waals surface area contributed by atoms with Crippen LogP contribution in [-0.4, -0.2) is 44.3 Å². The minimum Gasteiger partial charge on any atom is -0.354 e. The molecule has 1 atom stereocenters. The normalized spacial score (nSPS) is 11.9. The van der Waals surface area contributed by atoms with Gasteiger partial charge in [0.1, 0.15) is 18.4 Å². The average Bonchev–Trinajstić information content (AvgIpc) is 3.03. The van der Waals surface area contributed by atoms with Crippen LogP contribution in [0.3, 0.4) is 0 Å². The van der Waals surface area contributed by atoms with Gasteiger partial charge in [0.2, 0.25) is 11.8 Å². The minimum absolute atomic E-state index is 0.0141. The SMILES string of the molecule is CCCNC(=O)C(Cc1ccccc1)N(Cc1ccccc1F)C(=O)CN(c1ccc(C)c(Cl)c1)S(=O)(=O)c1ccc(C)cc1. The van der Waals surface area contributed by atoms with E-state index in [-0.39, 0.29) is 29.1 Å². The molecule has 0 bridgehead atoms. The maximum Gasteiger partial charge on any atom is 0.264 e. The van der Waals surface area contributed by atoms with Crippen LogP contribution in [0.2, 0.25) is 5.02 Å². The summed E-state index contributed by atoms with van der Waals surface area (Å²) in [6, 6.07) is 25.2. The lowest BCUT2D eigenvalue weighted by atomic mass is 10.0. The van der Waals surface area contributed by atoms with Crippen molar-refractivity contribution in [1.29, 1.82) is 0 Å². The molecule has 0 radical (unpaired) electrons. The summed E-state index contributed by atoms with van der Waals surface area (Å²) in [5.41, 5.74) is 2.76.